The Hall–Kier alpha value is 0.914. The molecule has 0 saturated carbocycles. The van der Waals surface area contributed by atoms with Crippen LogP contribution in [0, 0.1) is 0 Å². The lowest BCUT2D eigenvalue weighted by molar-refractivity contribution is 0.566. The van der Waals surface area contributed by atoms with Gasteiger partial charge in [0.15, 0.2) is 0 Å². The first-order chi connectivity index (χ1) is 9.17. The lowest BCUT2D eigenvalue weighted by atomic mass is 10.1. The Morgan fingerprint density at radius 2 is 1.20 bits per heavy atom. The van der Waals surface area contributed by atoms with Crippen LogP contribution >= 0.6 is 15.9 Å². The Kier molecular flexibility index (Phi) is 11.1. The van der Waals surface area contributed by atoms with Crippen molar-refractivity contribution in [1.82, 2.24) is 0 Å². The second-order valence-electron chi connectivity index (χ2n) is 8.76. The average Bonchev–Trinajstić information content (AvgIpc) is 2.28. The standard InChI is InChI=1S/C17H39BrSi2/c1-19(2,3)16-12-10-8-7-9-11-13-17(14-15-18)20(4,5)6/h17H,7-16H2,1-6H3. The zero-order valence-electron chi connectivity index (χ0n) is 15.0. The van der Waals surface area contributed by atoms with E-state index in [1.54, 1.807) is 0 Å². The van der Waals surface area contributed by atoms with Gasteiger partial charge in [-0.1, -0.05) is 106 Å². The van der Waals surface area contributed by atoms with Gasteiger partial charge in [0.25, 0.3) is 0 Å². The largest absolute Gasteiger partial charge is 0.0928 e. The molecule has 0 saturated heterocycles. The fourth-order valence-corrected chi connectivity index (χ4v) is 7.26. The van der Waals surface area contributed by atoms with Crippen molar-refractivity contribution in [3.63, 3.8) is 0 Å². The summed E-state index contributed by atoms with van der Waals surface area (Å²) < 4.78 is 0. The van der Waals surface area contributed by atoms with Crippen molar-refractivity contribution >= 4 is 32.1 Å². The highest BCUT2D eigenvalue weighted by Gasteiger charge is 2.25. The van der Waals surface area contributed by atoms with Gasteiger partial charge in [0.05, 0.1) is 0 Å². The maximum absolute atomic E-state index is 3.64. The van der Waals surface area contributed by atoms with Crippen molar-refractivity contribution in [2.24, 2.45) is 0 Å². The Morgan fingerprint density at radius 3 is 1.65 bits per heavy atom. The molecule has 0 heterocycles. The minimum atomic E-state index is -0.935. The Labute approximate surface area is 139 Å². The van der Waals surface area contributed by atoms with Gasteiger partial charge in [-0.25, -0.2) is 0 Å². The Balaban J connectivity index is 3.55. The van der Waals surface area contributed by atoms with E-state index in [0.29, 0.717) is 0 Å². The molecule has 1 unspecified atom stereocenters. The third-order valence-electron chi connectivity index (χ3n) is 4.41. The van der Waals surface area contributed by atoms with E-state index in [1.165, 1.54) is 62.7 Å². The van der Waals surface area contributed by atoms with Crippen LogP contribution in [-0.2, 0) is 0 Å². The van der Waals surface area contributed by atoms with E-state index in [-0.39, 0.29) is 0 Å². The summed E-state index contributed by atoms with van der Waals surface area (Å²) in [5.74, 6) is 0. The van der Waals surface area contributed by atoms with Gasteiger partial charge in [-0.2, -0.15) is 0 Å². The summed E-state index contributed by atoms with van der Waals surface area (Å²) in [5.41, 5.74) is 1.02. The van der Waals surface area contributed by atoms with Crippen molar-refractivity contribution in [2.75, 3.05) is 5.33 Å². The third kappa shape index (κ3) is 12.6. The van der Waals surface area contributed by atoms with Crippen molar-refractivity contribution < 1.29 is 0 Å². The van der Waals surface area contributed by atoms with Crippen LogP contribution in [-0.4, -0.2) is 21.5 Å². The van der Waals surface area contributed by atoms with Gasteiger partial charge in [-0.15, -0.1) is 0 Å². The molecule has 122 valence electrons. The predicted octanol–water partition coefficient (Wildman–Crippen LogP) is 7.55. The highest BCUT2D eigenvalue weighted by atomic mass is 79.9. The SMILES string of the molecule is C[Si](C)(C)CCCCCCCCC(CCBr)[Si](C)(C)C. The van der Waals surface area contributed by atoms with E-state index >= 15 is 0 Å². The number of hydrogen-bond acceptors (Lipinski definition) is 0. The molecule has 0 amide bonds. The molecule has 0 nitrogen and oxygen atoms in total. The maximum Gasteiger partial charge on any atom is 0.0474 e. The zero-order chi connectivity index (χ0) is 15.6. The lowest BCUT2D eigenvalue weighted by Crippen LogP contribution is -2.28. The lowest BCUT2D eigenvalue weighted by Gasteiger charge is -2.28. The molecule has 0 aromatic carbocycles. The van der Waals surface area contributed by atoms with Crippen molar-refractivity contribution in [1.29, 1.82) is 0 Å². The monoisotopic (exact) mass is 378 g/mol. The van der Waals surface area contributed by atoms with Gasteiger partial charge >= 0.3 is 0 Å². The maximum atomic E-state index is 3.64. The van der Waals surface area contributed by atoms with Crippen LogP contribution in [0.25, 0.3) is 0 Å². The molecule has 3 heteroatoms. The highest BCUT2D eigenvalue weighted by Crippen LogP contribution is 2.31. The first kappa shape index (κ1) is 20.9. The fourth-order valence-electron chi connectivity index (χ4n) is 2.90. The van der Waals surface area contributed by atoms with Gasteiger partial charge in [-0.05, 0) is 12.0 Å². The van der Waals surface area contributed by atoms with Crippen LogP contribution in [0.15, 0.2) is 0 Å². The fraction of sp³-hybridized carbons (Fsp3) is 1.00. The molecule has 0 rings (SSSR count). The van der Waals surface area contributed by atoms with E-state index in [2.05, 4.69) is 55.2 Å². The third-order valence-corrected chi connectivity index (χ3v) is 9.75. The number of unbranched alkanes of at least 4 members (excludes halogenated alkanes) is 5. The van der Waals surface area contributed by atoms with E-state index in [1.807, 2.05) is 0 Å². The van der Waals surface area contributed by atoms with E-state index in [4.69, 9.17) is 0 Å². The van der Waals surface area contributed by atoms with Crippen LogP contribution in [0.2, 0.25) is 50.9 Å². The number of rotatable bonds is 12. The Morgan fingerprint density at radius 1 is 0.700 bits per heavy atom. The first-order valence-corrected chi connectivity index (χ1v) is 17.1. The minimum Gasteiger partial charge on any atom is -0.0928 e. The van der Waals surface area contributed by atoms with Crippen LogP contribution in [0.4, 0.5) is 0 Å². The average molecular weight is 380 g/mol. The quantitative estimate of drug-likeness (QED) is 0.186. The van der Waals surface area contributed by atoms with E-state index in [0.717, 1.165) is 5.54 Å². The molecule has 0 N–H and O–H groups in total. The topological polar surface area (TPSA) is 0 Å². The molecule has 0 aliphatic rings. The van der Waals surface area contributed by atoms with Crippen LogP contribution in [0.5, 0.6) is 0 Å². The minimum absolute atomic E-state index is 0.778. The second-order valence-corrected chi connectivity index (χ2v) is 20.7. The molecule has 0 spiro atoms. The molecule has 0 aromatic heterocycles. The number of halogens is 1. The van der Waals surface area contributed by atoms with Gasteiger partial charge in [0, 0.05) is 21.5 Å². The van der Waals surface area contributed by atoms with Gasteiger partial charge in [0.2, 0.25) is 0 Å². The molecule has 0 fully saturated rings. The molecule has 0 aliphatic carbocycles. The van der Waals surface area contributed by atoms with Crippen molar-refractivity contribution in [3.05, 3.63) is 0 Å². The van der Waals surface area contributed by atoms with Crippen LogP contribution in [0.3, 0.4) is 0 Å². The summed E-state index contributed by atoms with van der Waals surface area (Å²) in [6, 6.07) is 1.52. The summed E-state index contributed by atoms with van der Waals surface area (Å²) in [5, 5.41) is 1.19. The molecule has 0 aromatic rings. The predicted molar refractivity (Wildman–Crippen MR) is 106 cm³/mol. The molecule has 0 aliphatic heterocycles. The normalized spacial score (nSPS) is 14.6. The molecule has 20 heavy (non-hydrogen) atoms. The van der Waals surface area contributed by atoms with Crippen LogP contribution < -0.4 is 0 Å². The molecular weight excluding hydrogens is 340 g/mol. The molecule has 0 bridgehead atoms. The highest BCUT2D eigenvalue weighted by molar-refractivity contribution is 9.09. The van der Waals surface area contributed by atoms with Gasteiger partial charge < -0.3 is 0 Å². The van der Waals surface area contributed by atoms with E-state index in [9.17, 15) is 0 Å². The second kappa shape index (κ2) is 10.6. The summed E-state index contributed by atoms with van der Waals surface area (Å²) in [6.07, 6.45) is 11.7. The van der Waals surface area contributed by atoms with Crippen molar-refractivity contribution in [3.8, 4) is 0 Å². The Bertz CT molecular complexity index is 228. The number of alkyl halides is 1. The van der Waals surface area contributed by atoms with E-state index < -0.39 is 16.1 Å². The van der Waals surface area contributed by atoms with Gasteiger partial charge in [0.1, 0.15) is 0 Å². The molecular formula is C17H39BrSi2. The van der Waals surface area contributed by atoms with Crippen molar-refractivity contribution in [2.45, 2.75) is 102 Å². The number of hydrogen-bond donors (Lipinski definition) is 0. The van der Waals surface area contributed by atoms with Gasteiger partial charge in [-0.3, -0.25) is 0 Å². The molecule has 0 radical (unpaired) electrons. The molecule has 1 atom stereocenters. The summed E-state index contributed by atoms with van der Waals surface area (Å²) in [4.78, 5) is 0. The summed E-state index contributed by atoms with van der Waals surface area (Å²) >= 11 is 3.64. The van der Waals surface area contributed by atoms with Crippen LogP contribution in [0.1, 0.15) is 51.4 Å². The first-order valence-electron chi connectivity index (χ1n) is 8.73. The summed E-state index contributed by atoms with van der Waals surface area (Å²) in [6.45, 7) is 15.1. The summed E-state index contributed by atoms with van der Waals surface area (Å²) in [7, 11) is -1.71. The smallest absolute Gasteiger partial charge is 0.0474 e. The zero-order valence-corrected chi connectivity index (χ0v) is 18.6.